The molecule has 0 fully saturated rings. The molecule has 0 atom stereocenters. The highest BCUT2D eigenvalue weighted by Gasteiger charge is 1.99. The van der Waals surface area contributed by atoms with Crippen LogP contribution >= 0.6 is 12.2 Å². The first-order chi connectivity index (χ1) is 6.74. The Kier molecular flexibility index (Phi) is 4.00. The van der Waals surface area contributed by atoms with Crippen LogP contribution in [0.25, 0.3) is 0 Å². The van der Waals surface area contributed by atoms with E-state index in [0.717, 1.165) is 0 Å². The van der Waals surface area contributed by atoms with E-state index in [0.29, 0.717) is 10.7 Å². The molecule has 0 heterocycles. The lowest BCUT2D eigenvalue weighted by Crippen LogP contribution is -2.82. The molecule has 0 radical (unpaired) electrons. The minimum absolute atomic E-state index is 0.280. The van der Waals surface area contributed by atoms with Gasteiger partial charge in [-0.05, 0) is 24.4 Å². The second-order valence-corrected chi connectivity index (χ2v) is 2.92. The van der Waals surface area contributed by atoms with E-state index < -0.39 is 0 Å². The number of halogens is 1. The average Bonchev–Trinajstić information content (AvgIpc) is 2.20. The Hall–Kier alpha value is -1.49. The van der Waals surface area contributed by atoms with Gasteiger partial charge in [0.05, 0.1) is 5.56 Å². The van der Waals surface area contributed by atoms with E-state index in [2.05, 4.69) is 15.8 Å². The van der Waals surface area contributed by atoms with Crippen LogP contribution in [0.4, 0.5) is 4.39 Å². The van der Waals surface area contributed by atoms with Gasteiger partial charge < -0.3 is 5.32 Å². The Labute approximate surface area is 87.0 Å². The average molecular weight is 212 g/mol. The molecule has 3 N–H and O–H groups in total. The molecule has 0 amide bonds. The molecule has 1 aromatic carbocycles. The van der Waals surface area contributed by atoms with E-state index in [9.17, 15) is 4.39 Å². The molecule has 3 nitrogen and oxygen atoms in total. The third kappa shape index (κ3) is 3.10. The van der Waals surface area contributed by atoms with E-state index in [1.807, 2.05) is 0 Å². The summed E-state index contributed by atoms with van der Waals surface area (Å²) in [4.78, 5) is 0. The predicted molar refractivity (Wildman–Crippen MR) is 57.3 cm³/mol. The summed E-state index contributed by atoms with van der Waals surface area (Å²) in [6.45, 7) is 0. The molecule has 5 heteroatoms. The van der Waals surface area contributed by atoms with Crippen molar-refractivity contribution in [3.05, 3.63) is 35.6 Å². The molecule has 0 unspecified atom stereocenters. The van der Waals surface area contributed by atoms with Gasteiger partial charge in [0.25, 0.3) is 0 Å². The number of thiocarbonyl (C=S) groups is 1. The fraction of sp³-hybridized carbons (Fsp3) is 0.111. The smallest absolute Gasteiger partial charge is 0.223 e. The van der Waals surface area contributed by atoms with E-state index in [1.54, 1.807) is 25.2 Å². The minimum Gasteiger partial charge on any atom is -0.361 e. The van der Waals surface area contributed by atoms with Crippen LogP contribution in [0.3, 0.4) is 0 Å². The third-order valence-electron chi connectivity index (χ3n) is 1.55. The molecule has 0 aromatic heterocycles. The monoisotopic (exact) mass is 212 g/mol. The van der Waals surface area contributed by atoms with Crippen LogP contribution in [0.2, 0.25) is 0 Å². The Balaban J connectivity index is 2.60. The molecule has 74 valence electrons. The third-order valence-corrected chi connectivity index (χ3v) is 1.85. The van der Waals surface area contributed by atoms with Crippen molar-refractivity contribution in [1.82, 2.24) is 10.7 Å². The first-order valence-electron chi connectivity index (χ1n) is 4.05. The van der Waals surface area contributed by atoms with Crippen molar-refractivity contribution in [2.75, 3.05) is 7.05 Å². The molecule has 1 aromatic rings. The molecule has 0 spiro atoms. The summed E-state index contributed by atoms with van der Waals surface area (Å²) in [5.41, 5.74) is 3.13. The molecular formula is C9H11FN3S+. The van der Waals surface area contributed by atoms with Crippen LogP contribution in [0, 0.1) is 5.82 Å². The predicted octanol–water partition coefficient (Wildman–Crippen LogP) is -0.666. The molecule has 0 aliphatic heterocycles. The molecule has 0 saturated carbocycles. The van der Waals surface area contributed by atoms with Crippen LogP contribution in [-0.4, -0.2) is 18.4 Å². The van der Waals surface area contributed by atoms with Crippen molar-refractivity contribution in [3.8, 4) is 0 Å². The second-order valence-electron chi connectivity index (χ2n) is 2.51. The molecule has 1 rings (SSSR count). The summed E-state index contributed by atoms with van der Waals surface area (Å²) < 4.78 is 13.0. The topological polar surface area (TPSA) is 38.0 Å². The zero-order valence-electron chi connectivity index (χ0n) is 7.67. The number of nitrogens with one attached hydrogen (secondary N) is 3. The van der Waals surface area contributed by atoms with Crippen LogP contribution < -0.4 is 15.8 Å². The first kappa shape index (κ1) is 10.6. The van der Waals surface area contributed by atoms with Crippen LogP contribution in [0.15, 0.2) is 24.3 Å². The van der Waals surface area contributed by atoms with Crippen molar-refractivity contribution >= 4 is 23.5 Å². The number of hydrogen-bond donors (Lipinski definition) is 3. The number of hydrogen-bond acceptors (Lipinski definition) is 1. The standard InChI is InChI=1S/C9H10FN3S/c1-11-9(14)13-12-6-7-4-2-3-5-8(7)10/h2-6H,1H3,(H2,11,13,14)/p+1. The number of benzene rings is 1. The van der Waals surface area contributed by atoms with Crippen LogP contribution in [-0.2, 0) is 0 Å². The van der Waals surface area contributed by atoms with Crippen molar-refractivity contribution < 1.29 is 9.49 Å². The van der Waals surface area contributed by atoms with Crippen molar-refractivity contribution in [3.63, 3.8) is 0 Å². The number of hydrazone groups is 1. The van der Waals surface area contributed by atoms with Gasteiger partial charge in [-0.1, -0.05) is 12.1 Å². The lowest BCUT2D eigenvalue weighted by Gasteiger charge is -1.94. The summed E-state index contributed by atoms with van der Waals surface area (Å²) in [6.07, 6.45) is 1.50. The van der Waals surface area contributed by atoms with E-state index in [-0.39, 0.29) is 5.82 Å². The maximum atomic E-state index is 13.0. The van der Waals surface area contributed by atoms with Gasteiger partial charge in [-0.25, -0.2) is 4.39 Å². The molecule has 0 bridgehead atoms. The van der Waals surface area contributed by atoms with Crippen molar-refractivity contribution in [1.29, 1.82) is 0 Å². The Morgan fingerprint density at radius 2 is 2.21 bits per heavy atom. The minimum atomic E-state index is -0.280. The summed E-state index contributed by atoms with van der Waals surface area (Å²) in [6, 6.07) is 6.45. The van der Waals surface area contributed by atoms with Gasteiger partial charge in [0.2, 0.25) is 11.3 Å². The Morgan fingerprint density at radius 1 is 1.50 bits per heavy atom. The highest BCUT2D eigenvalue weighted by Crippen LogP contribution is 2.00. The highest BCUT2D eigenvalue weighted by atomic mass is 32.1. The Morgan fingerprint density at radius 3 is 2.86 bits per heavy atom. The lowest BCUT2D eigenvalue weighted by atomic mass is 10.2. The summed E-state index contributed by atoms with van der Waals surface area (Å²) in [5, 5.41) is 5.83. The van der Waals surface area contributed by atoms with Gasteiger partial charge in [-0.15, -0.1) is 10.5 Å². The fourth-order valence-corrected chi connectivity index (χ4v) is 0.893. The number of rotatable bonds is 2. The maximum absolute atomic E-state index is 13.0. The van der Waals surface area contributed by atoms with E-state index >= 15 is 0 Å². The lowest BCUT2D eigenvalue weighted by molar-refractivity contribution is -0.500. The quantitative estimate of drug-likeness (QED) is 0.346. The van der Waals surface area contributed by atoms with Gasteiger partial charge >= 0.3 is 0 Å². The van der Waals surface area contributed by atoms with Gasteiger partial charge in [0, 0.05) is 7.05 Å². The molecule has 0 aliphatic carbocycles. The van der Waals surface area contributed by atoms with Gasteiger partial charge in [0.15, 0.2) is 0 Å². The molecular weight excluding hydrogens is 201 g/mol. The largest absolute Gasteiger partial charge is 0.361 e. The molecule has 14 heavy (non-hydrogen) atoms. The van der Waals surface area contributed by atoms with Crippen molar-refractivity contribution in [2.24, 2.45) is 0 Å². The second kappa shape index (κ2) is 5.29. The maximum Gasteiger partial charge on any atom is 0.223 e. The fourth-order valence-electron chi connectivity index (χ4n) is 0.834. The summed E-state index contributed by atoms with van der Waals surface area (Å²) >= 11 is 4.81. The zero-order valence-corrected chi connectivity index (χ0v) is 8.49. The first-order valence-corrected chi connectivity index (χ1v) is 4.46. The zero-order chi connectivity index (χ0) is 10.4. The van der Waals surface area contributed by atoms with Gasteiger partial charge in [-0.3, -0.25) is 0 Å². The summed E-state index contributed by atoms with van der Waals surface area (Å²) in [7, 11) is 1.69. The summed E-state index contributed by atoms with van der Waals surface area (Å²) in [5.74, 6) is -0.280. The van der Waals surface area contributed by atoms with E-state index in [4.69, 9.17) is 12.2 Å². The highest BCUT2D eigenvalue weighted by molar-refractivity contribution is 7.80. The van der Waals surface area contributed by atoms with Gasteiger partial charge in [0.1, 0.15) is 5.82 Å². The van der Waals surface area contributed by atoms with Crippen molar-refractivity contribution in [2.45, 2.75) is 0 Å². The molecule has 0 saturated heterocycles. The normalized spacial score (nSPS) is 10.1. The SMILES string of the molecule is CNC(=S)N[NH+]=Cc1ccccc1F. The number of hydrazine groups is 1. The van der Waals surface area contributed by atoms with Crippen LogP contribution in [0.1, 0.15) is 5.56 Å². The van der Waals surface area contributed by atoms with E-state index in [1.165, 1.54) is 12.3 Å². The molecule has 0 aliphatic rings. The van der Waals surface area contributed by atoms with Gasteiger partial charge in [-0.2, -0.15) is 0 Å². The Bertz CT molecular complexity index is 352. The van der Waals surface area contributed by atoms with Crippen LogP contribution in [0.5, 0.6) is 0 Å².